The van der Waals surface area contributed by atoms with E-state index in [1.807, 2.05) is 24.3 Å². The number of rotatable bonds is 1. The summed E-state index contributed by atoms with van der Waals surface area (Å²) < 4.78 is 6.48. The van der Waals surface area contributed by atoms with Crippen LogP contribution in [0.5, 0.6) is 0 Å². The van der Waals surface area contributed by atoms with Crippen LogP contribution < -0.4 is 10.3 Å². The Morgan fingerprint density at radius 1 is 0.556 bits per heavy atom. The van der Waals surface area contributed by atoms with Gasteiger partial charge in [-0.1, -0.05) is 106 Å². The summed E-state index contributed by atoms with van der Waals surface area (Å²) >= 11 is 0. The minimum atomic E-state index is -0.598. The molecule has 0 radical (unpaired) electrons. The third-order valence-corrected chi connectivity index (χ3v) is 9.83. The Balaban J connectivity index is 1.39. The lowest BCUT2D eigenvalue weighted by Crippen LogP contribution is -2.36. The molecule has 0 amide bonds. The molecule has 7 aromatic rings. The first-order chi connectivity index (χ1) is 21.9. The van der Waals surface area contributed by atoms with Crippen molar-refractivity contribution in [3.05, 3.63) is 172 Å². The molecule has 0 fully saturated rings. The number of hydrogen-bond donors (Lipinski definition) is 0. The van der Waals surface area contributed by atoms with Crippen molar-refractivity contribution in [3.63, 3.8) is 0 Å². The molecule has 45 heavy (non-hydrogen) atoms. The van der Waals surface area contributed by atoms with Crippen LogP contribution in [0.15, 0.2) is 143 Å². The Morgan fingerprint density at radius 2 is 1.16 bits per heavy atom. The van der Waals surface area contributed by atoms with Gasteiger partial charge in [0.1, 0.15) is 11.2 Å². The van der Waals surface area contributed by atoms with E-state index < -0.39 is 5.41 Å². The zero-order chi connectivity index (χ0) is 30.5. The average Bonchev–Trinajstić information content (AvgIpc) is 3.34. The largest absolute Gasteiger partial charge is 0.456 e. The van der Waals surface area contributed by atoms with Gasteiger partial charge in [0.25, 0.3) is 0 Å². The van der Waals surface area contributed by atoms with Crippen LogP contribution >= 0.6 is 0 Å². The van der Waals surface area contributed by atoms with Gasteiger partial charge in [-0.3, -0.25) is 4.79 Å². The summed E-state index contributed by atoms with van der Waals surface area (Å²) in [6, 6.07) is 47.0. The molecule has 1 aliphatic carbocycles. The molecule has 0 saturated carbocycles. The Hall–Kier alpha value is -5.41. The molecule has 3 nitrogen and oxygen atoms in total. The lowest BCUT2D eigenvalue weighted by molar-refractivity contribution is 0.590. The van der Waals surface area contributed by atoms with Crippen LogP contribution in [-0.2, 0) is 10.8 Å². The van der Waals surface area contributed by atoms with Gasteiger partial charge in [0.15, 0.2) is 0 Å². The minimum absolute atomic E-state index is 0.00223. The number of hydrogen-bond acceptors (Lipinski definition) is 3. The molecule has 1 aliphatic heterocycles. The van der Waals surface area contributed by atoms with Crippen LogP contribution in [0.1, 0.15) is 48.6 Å². The Labute approximate surface area is 262 Å². The van der Waals surface area contributed by atoms with E-state index in [4.69, 9.17) is 4.42 Å². The van der Waals surface area contributed by atoms with Gasteiger partial charge >= 0.3 is 0 Å². The van der Waals surface area contributed by atoms with E-state index in [9.17, 15) is 4.79 Å². The molecule has 0 bridgehead atoms. The second-order valence-corrected chi connectivity index (χ2v) is 13.3. The van der Waals surface area contributed by atoms with Crippen LogP contribution in [-0.4, -0.2) is 0 Å². The third kappa shape index (κ3) is 3.44. The predicted molar refractivity (Wildman–Crippen MR) is 184 cm³/mol. The van der Waals surface area contributed by atoms with Gasteiger partial charge in [-0.05, 0) is 92.9 Å². The maximum atomic E-state index is 13.8. The normalized spacial score (nSPS) is 14.3. The van der Waals surface area contributed by atoms with Crippen molar-refractivity contribution in [1.82, 2.24) is 0 Å². The van der Waals surface area contributed by atoms with Crippen molar-refractivity contribution in [1.29, 1.82) is 0 Å². The summed E-state index contributed by atoms with van der Waals surface area (Å²) in [5.74, 6) is 0. The topological polar surface area (TPSA) is 33.5 Å². The highest BCUT2D eigenvalue weighted by molar-refractivity contribution is 6.00. The van der Waals surface area contributed by atoms with E-state index in [1.165, 1.54) is 22.3 Å². The number of anilines is 3. The molecule has 6 aromatic carbocycles. The van der Waals surface area contributed by atoms with Crippen LogP contribution in [0.25, 0.3) is 33.1 Å². The molecule has 0 saturated heterocycles. The SMILES string of the molecule is CC(C)(C)c1ccc(N2c3ccccc3C3(c4ccccc4-c4cc5c(=O)c6ccccc6oc5cc43)c3ccccc32)cc1. The first-order valence-corrected chi connectivity index (χ1v) is 15.6. The molecule has 1 spiro atoms. The maximum absolute atomic E-state index is 13.8. The molecule has 3 heteroatoms. The van der Waals surface area contributed by atoms with E-state index in [2.05, 4.69) is 135 Å². The summed E-state index contributed by atoms with van der Waals surface area (Å²) in [7, 11) is 0. The molecular weight excluding hydrogens is 550 g/mol. The first-order valence-electron chi connectivity index (χ1n) is 15.6. The third-order valence-electron chi connectivity index (χ3n) is 9.83. The number of para-hydroxylation sites is 3. The quantitative estimate of drug-likeness (QED) is 0.181. The lowest BCUT2D eigenvalue weighted by atomic mass is 9.64. The van der Waals surface area contributed by atoms with E-state index in [-0.39, 0.29) is 10.8 Å². The number of nitrogens with zero attached hydrogens (tertiary/aromatic N) is 1. The monoisotopic (exact) mass is 581 g/mol. The number of fused-ring (bicyclic) bond motifs is 11. The van der Waals surface area contributed by atoms with Crippen LogP contribution in [0, 0.1) is 0 Å². The van der Waals surface area contributed by atoms with Crippen molar-refractivity contribution < 1.29 is 4.42 Å². The molecule has 2 aliphatic rings. The van der Waals surface area contributed by atoms with E-state index in [0.29, 0.717) is 21.9 Å². The zero-order valence-corrected chi connectivity index (χ0v) is 25.5. The maximum Gasteiger partial charge on any atom is 0.200 e. The summed E-state index contributed by atoms with van der Waals surface area (Å²) in [6.45, 7) is 6.75. The average molecular weight is 582 g/mol. The minimum Gasteiger partial charge on any atom is -0.456 e. The first kappa shape index (κ1) is 26.0. The Kier molecular flexibility index (Phi) is 5.24. The number of benzene rings is 6. The van der Waals surface area contributed by atoms with E-state index in [0.717, 1.165) is 33.8 Å². The predicted octanol–water partition coefficient (Wildman–Crippen LogP) is 10.4. The van der Waals surface area contributed by atoms with Gasteiger partial charge in [-0.2, -0.15) is 0 Å². The summed E-state index contributed by atoms with van der Waals surface area (Å²) in [6.07, 6.45) is 0. The van der Waals surface area contributed by atoms with Gasteiger partial charge in [0.2, 0.25) is 5.43 Å². The second kappa shape index (κ2) is 9.06. The highest BCUT2D eigenvalue weighted by Crippen LogP contribution is 2.63. The molecule has 1 aromatic heterocycles. The summed E-state index contributed by atoms with van der Waals surface area (Å²) in [5.41, 5.74) is 12.4. The highest BCUT2D eigenvalue weighted by Gasteiger charge is 2.51. The summed E-state index contributed by atoms with van der Waals surface area (Å²) in [4.78, 5) is 16.2. The Bertz CT molecular complexity index is 2340. The fourth-order valence-corrected chi connectivity index (χ4v) is 7.79. The molecule has 9 rings (SSSR count). The van der Waals surface area contributed by atoms with Crippen molar-refractivity contribution in [2.24, 2.45) is 0 Å². The molecule has 0 N–H and O–H groups in total. The van der Waals surface area contributed by atoms with Gasteiger partial charge in [0, 0.05) is 5.69 Å². The molecule has 0 unspecified atom stereocenters. The summed E-state index contributed by atoms with van der Waals surface area (Å²) in [5, 5.41) is 1.21. The lowest BCUT2D eigenvalue weighted by Gasteiger charge is -2.45. The standard InChI is InChI=1S/C42H31NO2/c1-41(2,3)26-20-22-27(23-21-26)43-36-17-9-7-15-33(36)42(34-16-8-10-18-37(34)43)32-14-6-4-12-28(32)30-24-31-39(25-35(30)42)45-38-19-11-5-13-29(38)40(31)44/h4-25H,1-3H3. The molecule has 216 valence electrons. The van der Waals surface area contributed by atoms with Crippen molar-refractivity contribution in [2.75, 3.05) is 4.90 Å². The fourth-order valence-electron chi connectivity index (χ4n) is 7.79. The van der Waals surface area contributed by atoms with Crippen LogP contribution in [0.4, 0.5) is 17.1 Å². The molecular formula is C42H31NO2. The fraction of sp³-hybridized carbons (Fsp3) is 0.119. The molecule has 2 heterocycles. The van der Waals surface area contributed by atoms with E-state index >= 15 is 0 Å². The Morgan fingerprint density at radius 3 is 1.84 bits per heavy atom. The van der Waals surface area contributed by atoms with Crippen molar-refractivity contribution in [3.8, 4) is 11.1 Å². The van der Waals surface area contributed by atoms with Gasteiger partial charge in [0.05, 0.1) is 27.6 Å². The van der Waals surface area contributed by atoms with E-state index in [1.54, 1.807) is 0 Å². The smallest absolute Gasteiger partial charge is 0.200 e. The van der Waals surface area contributed by atoms with Gasteiger partial charge in [-0.25, -0.2) is 0 Å². The van der Waals surface area contributed by atoms with Crippen molar-refractivity contribution in [2.45, 2.75) is 31.6 Å². The zero-order valence-electron chi connectivity index (χ0n) is 25.5. The van der Waals surface area contributed by atoms with Gasteiger partial charge in [-0.15, -0.1) is 0 Å². The van der Waals surface area contributed by atoms with Crippen LogP contribution in [0.3, 0.4) is 0 Å². The van der Waals surface area contributed by atoms with Crippen molar-refractivity contribution >= 4 is 39.0 Å². The molecule has 0 atom stereocenters. The van der Waals surface area contributed by atoms with Crippen LogP contribution in [0.2, 0.25) is 0 Å². The highest BCUT2D eigenvalue weighted by atomic mass is 16.3. The van der Waals surface area contributed by atoms with Gasteiger partial charge < -0.3 is 9.32 Å². The second-order valence-electron chi connectivity index (χ2n) is 13.3.